The van der Waals surface area contributed by atoms with Crippen molar-refractivity contribution in [2.75, 3.05) is 26.8 Å². The molecule has 0 unspecified atom stereocenters. The summed E-state index contributed by atoms with van der Waals surface area (Å²) in [5.41, 5.74) is 0.509. The molecule has 0 spiro atoms. The van der Waals surface area contributed by atoms with Crippen LogP contribution in [-0.4, -0.2) is 38.6 Å². The van der Waals surface area contributed by atoms with Crippen molar-refractivity contribution in [3.05, 3.63) is 59.1 Å². The first kappa shape index (κ1) is 18.6. The number of para-hydroxylation sites is 2. The summed E-state index contributed by atoms with van der Waals surface area (Å²) < 4.78 is 10.6. The fourth-order valence-corrected chi connectivity index (χ4v) is 2.14. The Hall–Kier alpha value is -2.73. The van der Waals surface area contributed by atoms with Crippen LogP contribution in [0.4, 0.5) is 0 Å². The normalized spacial score (nSPS) is 10.0. The lowest BCUT2D eigenvalue weighted by Crippen LogP contribution is -2.36. The molecule has 0 atom stereocenters. The summed E-state index contributed by atoms with van der Waals surface area (Å²) in [6.07, 6.45) is 0. The molecule has 0 saturated heterocycles. The Labute approximate surface area is 151 Å². The molecular weight excluding hydrogens is 344 g/mol. The standard InChI is InChI=1S/C18H19ClN2O4/c1-24-15-4-2-3-5-16(15)25-12-17(22)20-10-11-21-18(23)13-6-8-14(19)9-7-13/h2-9H,10-12H2,1H3,(H,20,22)(H,21,23). The van der Waals surface area contributed by atoms with Crippen molar-refractivity contribution in [2.24, 2.45) is 0 Å². The summed E-state index contributed by atoms with van der Waals surface area (Å²) in [7, 11) is 1.53. The van der Waals surface area contributed by atoms with Gasteiger partial charge >= 0.3 is 0 Å². The molecule has 25 heavy (non-hydrogen) atoms. The van der Waals surface area contributed by atoms with Gasteiger partial charge in [-0.3, -0.25) is 9.59 Å². The van der Waals surface area contributed by atoms with Gasteiger partial charge in [-0.05, 0) is 36.4 Å². The number of benzene rings is 2. The van der Waals surface area contributed by atoms with Crippen molar-refractivity contribution < 1.29 is 19.1 Å². The van der Waals surface area contributed by atoms with Gasteiger partial charge in [0, 0.05) is 23.7 Å². The van der Waals surface area contributed by atoms with Gasteiger partial charge in [-0.1, -0.05) is 23.7 Å². The highest BCUT2D eigenvalue weighted by molar-refractivity contribution is 6.30. The molecule has 0 aliphatic rings. The first-order chi connectivity index (χ1) is 12.1. The van der Waals surface area contributed by atoms with E-state index >= 15 is 0 Å². The molecule has 0 heterocycles. The lowest BCUT2D eigenvalue weighted by atomic mass is 10.2. The molecule has 0 aliphatic heterocycles. The highest BCUT2D eigenvalue weighted by Crippen LogP contribution is 2.25. The average molecular weight is 363 g/mol. The second-order valence-corrected chi connectivity index (χ2v) is 5.49. The lowest BCUT2D eigenvalue weighted by molar-refractivity contribution is -0.123. The summed E-state index contributed by atoms with van der Waals surface area (Å²) in [6.45, 7) is 0.473. The van der Waals surface area contributed by atoms with Crippen molar-refractivity contribution in [1.82, 2.24) is 10.6 Å². The largest absolute Gasteiger partial charge is 0.493 e. The van der Waals surface area contributed by atoms with Gasteiger partial charge in [0.25, 0.3) is 11.8 Å². The molecule has 2 aromatic carbocycles. The van der Waals surface area contributed by atoms with Crippen LogP contribution in [0.15, 0.2) is 48.5 Å². The second-order valence-electron chi connectivity index (χ2n) is 5.05. The Morgan fingerprint density at radius 2 is 1.60 bits per heavy atom. The summed E-state index contributed by atoms with van der Waals surface area (Å²) in [4.78, 5) is 23.6. The number of rotatable bonds is 8. The Morgan fingerprint density at radius 3 is 2.28 bits per heavy atom. The number of amides is 2. The van der Waals surface area contributed by atoms with Crippen LogP contribution in [0.2, 0.25) is 5.02 Å². The molecule has 0 aliphatic carbocycles. The summed E-state index contributed by atoms with van der Waals surface area (Å²) in [5, 5.41) is 5.94. The smallest absolute Gasteiger partial charge is 0.258 e. The highest BCUT2D eigenvalue weighted by Gasteiger charge is 2.07. The molecule has 0 bridgehead atoms. The first-order valence-corrected chi connectivity index (χ1v) is 8.04. The highest BCUT2D eigenvalue weighted by atomic mass is 35.5. The van der Waals surface area contributed by atoms with Gasteiger partial charge in [0.1, 0.15) is 0 Å². The molecule has 132 valence electrons. The van der Waals surface area contributed by atoms with Crippen LogP contribution in [0.25, 0.3) is 0 Å². The minimum Gasteiger partial charge on any atom is -0.493 e. The second kappa shape index (κ2) is 9.54. The van der Waals surface area contributed by atoms with Crippen LogP contribution in [0.1, 0.15) is 10.4 Å². The SMILES string of the molecule is COc1ccccc1OCC(=O)NCCNC(=O)c1ccc(Cl)cc1. The van der Waals surface area contributed by atoms with Crippen molar-refractivity contribution in [2.45, 2.75) is 0 Å². The Kier molecular flexibility index (Phi) is 7.10. The van der Waals surface area contributed by atoms with Gasteiger partial charge in [0.2, 0.25) is 0 Å². The van der Waals surface area contributed by atoms with E-state index in [0.717, 1.165) is 0 Å². The van der Waals surface area contributed by atoms with Gasteiger partial charge in [0.05, 0.1) is 7.11 Å². The first-order valence-electron chi connectivity index (χ1n) is 7.66. The van der Waals surface area contributed by atoms with Crippen molar-refractivity contribution in [1.29, 1.82) is 0 Å². The van der Waals surface area contributed by atoms with E-state index in [1.807, 2.05) is 6.07 Å². The fourth-order valence-electron chi connectivity index (χ4n) is 2.01. The third-order valence-electron chi connectivity index (χ3n) is 3.27. The molecule has 0 aromatic heterocycles. The summed E-state index contributed by atoms with van der Waals surface area (Å²) in [5.74, 6) is 0.546. The molecule has 0 fully saturated rings. The molecule has 6 nitrogen and oxygen atoms in total. The molecule has 2 N–H and O–H groups in total. The van der Waals surface area contributed by atoms with Crippen LogP contribution in [-0.2, 0) is 4.79 Å². The third kappa shape index (κ3) is 6.00. The average Bonchev–Trinajstić information content (AvgIpc) is 2.64. The van der Waals surface area contributed by atoms with E-state index < -0.39 is 0 Å². The number of carbonyl (C=O) groups excluding carboxylic acids is 2. The van der Waals surface area contributed by atoms with E-state index in [2.05, 4.69) is 10.6 Å². The maximum atomic E-state index is 11.9. The lowest BCUT2D eigenvalue weighted by Gasteiger charge is -2.11. The van der Waals surface area contributed by atoms with Gasteiger partial charge in [-0.2, -0.15) is 0 Å². The molecule has 2 rings (SSSR count). The number of hydrogen-bond acceptors (Lipinski definition) is 4. The maximum Gasteiger partial charge on any atom is 0.258 e. The molecule has 0 saturated carbocycles. The predicted octanol–water partition coefficient (Wildman–Crippen LogP) is 2.27. The number of nitrogens with one attached hydrogen (secondary N) is 2. The predicted molar refractivity (Wildman–Crippen MR) is 95.3 cm³/mol. The van der Waals surface area contributed by atoms with Crippen LogP contribution in [0.5, 0.6) is 11.5 Å². The number of ether oxygens (including phenoxy) is 2. The van der Waals surface area contributed by atoms with Gasteiger partial charge < -0.3 is 20.1 Å². The Bertz CT molecular complexity index is 719. The molecule has 2 amide bonds. The van der Waals surface area contributed by atoms with E-state index in [-0.39, 0.29) is 18.4 Å². The number of hydrogen-bond donors (Lipinski definition) is 2. The zero-order valence-electron chi connectivity index (χ0n) is 13.8. The van der Waals surface area contributed by atoms with Gasteiger partial charge in [0.15, 0.2) is 18.1 Å². The number of methoxy groups -OCH3 is 1. The Balaban J connectivity index is 1.67. The minimum atomic E-state index is -0.286. The molecule has 2 aromatic rings. The zero-order valence-corrected chi connectivity index (χ0v) is 14.5. The molecule has 0 radical (unpaired) electrons. The van der Waals surface area contributed by atoms with Crippen molar-refractivity contribution in [3.8, 4) is 11.5 Å². The van der Waals surface area contributed by atoms with E-state index in [0.29, 0.717) is 35.2 Å². The van der Waals surface area contributed by atoms with Crippen molar-refractivity contribution in [3.63, 3.8) is 0 Å². The van der Waals surface area contributed by atoms with E-state index in [4.69, 9.17) is 21.1 Å². The number of halogens is 1. The van der Waals surface area contributed by atoms with Gasteiger partial charge in [-0.15, -0.1) is 0 Å². The zero-order chi connectivity index (χ0) is 18.1. The summed E-state index contributed by atoms with van der Waals surface area (Å²) in [6, 6.07) is 13.6. The maximum absolute atomic E-state index is 11.9. The van der Waals surface area contributed by atoms with Crippen molar-refractivity contribution >= 4 is 23.4 Å². The van der Waals surface area contributed by atoms with Crippen LogP contribution in [0.3, 0.4) is 0 Å². The van der Waals surface area contributed by atoms with Crippen LogP contribution >= 0.6 is 11.6 Å². The third-order valence-corrected chi connectivity index (χ3v) is 3.52. The van der Waals surface area contributed by atoms with E-state index in [1.54, 1.807) is 42.5 Å². The van der Waals surface area contributed by atoms with Crippen LogP contribution in [0, 0.1) is 0 Å². The monoisotopic (exact) mass is 362 g/mol. The molecule has 7 heteroatoms. The Morgan fingerprint density at radius 1 is 0.960 bits per heavy atom. The quantitative estimate of drug-likeness (QED) is 0.706. The topological polar surface area (TPSA) is 76.7 Å². The summed E-state index contributed by atoms with van der Waals surface area (Å²) >= 11 is 5.77. The number of carbonyl (C=O) groups is 2. The minimum absolute atomic E-state index is 0.133. The van der Waals surface area contributed by atoms with Crippen LogP contribution < -0.4 is 20.1 Å². The van der Waals surface area contributed by atoms with Gasteiger partial charge in [-0.25, -0.2) is 0 Å². The van der Waals surface area contributed by atoms with E-state index in [9.17, 15) is 9.59 Å². The van der Waals surface area contributed by atoms with E-state index in [1.165, 1.54) is 7.11 Å². The molecular formula is C18H19ClN2O4. The fraction of sp³-hybridized carbons (Fsp3) is 0.222.